The van der Waals surface area contributed by atoms with Gasteiger partial charge in [-0.15, -0.1) is 0 Å². The first-order valence-electron chi connectivity index (χ1n) is 11.7. The normalized spacial score (nSPS) is 18.4. The van der Waals surface area contributed by atoms with Gasteiger partial charge in [0.25, 0.3) is 5.91 Å². The Morgan fingerprint density at radius 2 is 1.75 bits per heavy atom. The van der Waals surface area contributed by atoms with Gasteiger partial charge in [0.1, 0.15) is 0 Å². The van der Waals surface area contributed by atoms with Gasteiger partial charge in [0.05, 0.1) is 0 Å². The van der Waals surface area contributed by atoms with Crippen LogP contribution in [0.2, 0.25) is 0 Å². The number of halogens is 5. The molecule has 0 bridgehead atoms. The molecule has 2 aliphatic heterocycles. The molecule has 2 amide bonds. The summed E-state index contributed by atoms with van der Waals surface area (Å²) in [5.74, 6) is -5.11. The first kappa shape index (κ1) is 29.4. The fourth-order valence-electron chi connectivity index (χ4n) is 4.16. The summed E-state index contributed by atoms with van der Waals surface area (Å²) in [4.78, 5) is 40.3. The van der Waals surface area contributed by atoms with Crippen molar-refractivity contribution in [3.63, 3.8) is 0 Å². The van der Waals surface area contributed by atoms with Crippen molar-refractivity contribution >= 4 is 17.8 Å². The lowest BCUT2D eigenvalue weighted by atomic mass is 10.1. The molecule has 2 N–H and O–H groups in total. The summed E-state index contributed by atoms with van der Waals surface area (Å²) in [7, 11) is 0. The monoisotopic (exact) mass is 522 g/mol. The molecule has 8 nitrogen and oxygen atoms in total. The molecule has 0 spiro atoms. The number of hydrogen-bond donors (Lipinski definition) is 2. The second-order valence-electron chi connectivity index (χ2n) is 8.49. The van der Waals surface area contributed by atoms with Gasteiger partial charge < -0.3 is 20.2 Å². The van der Waals surface area contributed by atoms with Gasteiger partial charge in [0, 0.05) is 57.3 Å². The summed E-state index contributed by atoms with van der Waals surface area (Å²) in [5.41, 5.74) is 0.111. The van der Waals surface area contributed by atoms with Gasteiger partial charge in [-0.25, -0.2) is 13.6 Å². The van der Waals surface area contributed by atoms with E-state index < -0.39 is 23.8 Å². The maximum absolute atomic E-state index is 13.7. The number of rotatable bonds is 7. The third-order valence-electron chi connectivity index (χ3n) is 6.10. The molecule has 202 valence electrons. The van der Waals surface area contributed by atoms with E-state index >= 15 is 0 Å². The number of amides is 2. The molecule has 2 saturated heterocycles. The zero-order valence-corrected chi connectivity index (χ0v) is 20.0. The van der Waals surface area contributed by atoms with Crippen molar-refractivity contribution < 1.29 is 41.4 Å². The summed E-state index contributed by atoms with van der Waals surface area (Å²) in [6.07, 6.45) is -2.79. The standard InChI is InChI=1S/C21H30F2N4O2.C2HF3O2/c1-2-25-10-3-4-17(25)15-27(11-7-20(28)26-12-8-24-9-13-26)21(29)16-5-6-18(22)19(23)14-16;3-2(4,5)1(6)7/h5-6,14,17,24H,2-4,7-13,15H2,1H3;(H,6,7). The average molecular weight is 523 g/mol. The van der Waals surface area contributed by atoms with Gasteiger partial charge in [-0.3, -0.25) is 14.5 Å². The highest BCUT2D eigenvalue weighted by Gasteiger charge is 2.38. The Hall–Kier alpha value is -2.80. The van der Waals surface area contributed by atoms with Crippen LogP contribution in [0.15, 0.2) is 18.2 Å². The van der Waals surface area contributed by atoms with Gasteiger partial charge in [-0.05, 0) is 44.1 Å². The van der Waals surface area contributed by atoms with Crippen LogP contribution in [0, 0.1) is 11.6 Å². The molecule has 13 heteroatoms. The Bertz CT molecular complexity index is 909. The van der Waals surface area contributed by atoms with Crippen LogP contribution in [-0.4, -0.2) is 102 Å². The van der Waals surface area contributed by atoms with Crippen molar-refractivity contribution in [1.29, 1.82) is 0 Å². The molecule has 1 atom stereocenters. The number of carbonyl (C=O) groups is 3. The second kappa shape index (κ2) is 13.5. The average Bonchev–Trinajstić information content (AvgIpc) is 3.30. The maximum Gasteiger partial charge on any atom is 0.490 e. The van der Waals surface area contributed by atoms with E-state index in [1.54, 1.807) is 4.90 Å². The molecule has 1 unspecified atom stereocenters. The van der Waals surface area contributed by atoms with Crippen LogP contribution >= 0.6 is 0 Å². The van der Waals surface area contributed by atoms with E-state index in [9.17, 15) is 31.5 Å². The lowest BCUT2D eigenvalue weighted by Crippen LogP contribution is -2.48. The van der Waals surface area contributed by atoms with Crippen LogP contribution in [0.5, 0.6) is 0 Å². The minimum absolute atomic E-state index is 0.0216. The molecule has 2 heterocycles. The van der Waals surface area contributed by atoms with E-state index in [1.165, 1.54) is 6.07 Å². The zero-order valence-electron chi connectivity index (χ0n) is 20.0. The highest BCUT2D eigenvalue weighted by molar-refractivity contribution is 5.94. The van der Waals surface area contributed by atoms with Crippen molar-refractivity contribution in [3.8, 4) is 0 Å². The number of benzene rings is 1. The van der Waals surface area contributed by atoms with Crippen LogP contribution in [0.1, 0.15) is 36.5 Å². The third-order valence-corrected chi connectivity index (χ3v) is 6.10. The van der Waals surface area contributed by atoms with Crippen LogP contribution in [0.25, 0.3) is 0 Å². The number of alkyl halides is 3. The molecule has 1 aromatic carbocycles. The summed E-state index contributed by atoms with van der Waals surface area (Å²) in [5, 5.41) is 10.3. The molecule has 0 aromatic heterocycles. The molecule has 3 rings (SSSR count). The molecule has 2 fully saturated rings. The quantitative estimate of drug-likeness (QED) is 0.535. The van der Waals surface area contributed by atoms with E-state index in [-0.39, 0.29) is 36.4 Å². The second-order valence-corrected chi connectivity index (χ2v) is 8.49. The van der Waals surface area contributed by atoms with Crippen molar-refractivity contribution in [3.05, 3.63) is 35.4 Å². The molecule has 0 radical (unpaired) electrons. The predicted molar refractivity (Wildman–Crippen MR) is 120 cm³/mol. The Labute approximate surface area is 206 Å². The number of likely N-dealkylation sites (N-methyl/N-ethyl adjacent to an activating group) is 1. The van der Waals surface area contributed by atoms with Crippen LogP contribution in [0.3, 0.4) is 0 Å². The lowest BCUT2D eigenvalue weighted by molar-refractivity contribution is -0.192. The number of aliphatic carboxylic acids is 1. The molecule has 1 aromatic rings. The van der Waals surface area contributed by atoms with E-state index in [4.69, 9.17) is 9.90 Å². The zero-order chi connectivity index (χ0) is 26.9. The van der Waals surface area contributed by atoms with Crippen LogP contribution in [-0.2, 0) is 9.59 Å². The number of nitrogens with zero attached hydrogens (tertiary/aromatic N) is 3. The number of piperazine rings is 1. The summed E-state index contributed by atoms with van der Waals surface area (Å²) >= 11 is 0. The Morgan fingerprint density at radius 1 is 1.11 bits per heavy atom. The van der Waals surface area contributed by atoms with Gasteiger partial charge in [0.2, 0.25) is 5.91 Å². The number of carbonyl (C=O) groups excluding carboxylic acids is 2. The van der Waals surface area contributed by atoms with E-state index in [0.717, 1.165) is 51.2 Å². The van der Waals surface area contributed by atoms with Crippen LogP contribution < -0.4 is 5.32 Å². The number of carboxylic acid groups (broad SMARTS) is 1. The van der Waals surface area contributed by atoms with E-state index in [2.05, 4.69) is 17.1 Å². The van der Waals surface area contributed by atoms with Gasteiger partial charge in [-0.2, -0.15) is 13.2 Å². The first-order chi connectivity index (χ1) is 16.9. The van der Waals surface area contributed by atoms with Crippen LogP contribution in [0.4, 0.5) is 22.0 Å². The fraction of sp³-hybridized carbons (Fsp3) is 0.609. The fourth-order valence-corrected chi connectivity index (χ4v) is 4.16. The molecular formula is C23H31F5N4O4. The molecular weight excluding hydrogens is 491 g/mol. The minimum atomic E-state index is -5.08. The third kappa shape index (κ3) is 8.70. The number of likely N-dealkylation sites (tertiary alicyclic amines) is 1. The van der Waals surface area contributed by atoms with Crippen molar-refractivity contribution in [2.24, 2.45) is 0 Å². The number of nitrogens with one attached hydrogen (secondary N) is 1. The van der Waals surface area contributed by atoms with E-state index in [0.29, 0.717) is 19.6 Å². The summed E-state index contributed by atoms with van der Waals surface area (Å²) in [6, 6.07) is 3.44. The maximum atomic E-state index is 13.7. The lowest BCUT2D eigenvalue weighted by Gasteiger charge is -2.32. The summed E-state index contributed by atoms with van der Waals surface area (Å²) in [6.45, 7) is 7.63. The number of carboxylic acids is 1. The largest absolute Gasteiger partial charge is 0.490 e. The summed E-state index contributed by atoms with van der Waals surface area (Å²) < 4.78 is 58.7. The Balaban J connectivity index is 0.000000572. The van der Waals surface area contributed by atoms with Gasteiger partial charge in [0.15, 0.2) is 11.6 Å². The van der Waals surface area contributed by atoms with E-state index in [1.807, 2.05) is 4.90 Å². The Morgan fingerprint density at radius 3 is 2.31 bits per heavy atom. The minimum Gasteiger partial charge on any atom is -0.475 e. The molecule has 0 saturated carbocycles. The molecule has 36 heavy (non-hydrogen) atoms. The highest BCUT2D eigenvalue weighted by Crippen LogP contribution is 2.20. The van der Waals surface area contributed by atoms with Gasteiger partial charge in [-0.1, -0.05) is 6.92 Å². The smallest absolute Gasteiger partial charge is 0.475 e. The van der Waals surface area contributed by atoms with Crippen molar-refractivity contribution in [2.75, 3.05) is 52.4 Å². The van der Waals surface area contributed by atoms with Crippen molar-refractivity contribution in [2.45, 2.75) is 38.4 Å². The predicted octanol–water partition coefficient (Wildman–Crippen LogP) is 2.35. The Kier molecular flexibility index (Phi) is 11.0. The first-order valence-corrected chi connectivity index (χ1v) is 11.7. The molecule has 2 aliphatic rings. The SMILES string of the molecule is CCN1CCCC1CN(CCC(=O)N1CCNCC1)C(=O)c1ccc(F)c(F)c1.O=C(O)C(F)(F)F. The van der Waals surface area contributed by atoms with Crippen molar-refractivity contribution in [1.82, 2.24) is 20.0 Å². The van der Waals surface area contributed by atoms with Gasteiger partial charge >= 0.3 is 12.1 Å². The highest BCUT2D eigenvalue weighted by atomic mass is 19.4. The molecule has 0 aliphatic carbocycles. The number of hydrogen-bond acceptors (Lipinski definition) is 5. The topological polar surface area (TPSA) is 93.2 Å².